The van der Waals surface area contributed by atoms with Gasteiger partial charge in [-0.2, -0.15) is 0 Å². The lowest BCUT2D eigenvalue weighted by atomic mass is 10.1. The van der Waals surface area contributed by atoms with Crippen molar-refractivity contribution in [2.75, 3.05) is 0 Å². The highest BCUT2D eigenvalue weighted by molar-refractivity contribution is 4.81. The van der Waals surface area contributed by atoms with Crippen LogP contribution in [-0.4, -0.2) is 0 Å². The lowest BCUT2D eigenvalue weighted by molar-refractivity contribution is 0.592. The molecule has 0 aromatic rings. The van der Waals surface area contributed by atoms with Gasteiger partial charge in [-0.25, -0.2) is 0 Å². The highest BCUT2D eigenvalue weighted by atomic mass is 14.0. The Bertz CT molecular complexity index is 135. The molecule has 0 saturated carbocycles. The van der Waals surface area contributed by atoms with E-state index in [1.54, 1.807) is 0 Å². The first-order valence-corrected chi connectivity index (χ1v) is 7.56. The molecule has 0 aliphatic heterocycles. The third-order valence-electron chi connectivity index (χ3n) is 3.12. The Labute approximate surface area is 104 Å². The fourth-order valence-electron chi connectivity index (χ4n) is 1.97. The molecule has 0 aliphatic rings. The van der Waals surface area contributed by atoms with Crippen LogP contribution in [0.25, 0.3) is 0 Å². The molecule has 0 spiro atoms. The third kappa shape index (κ3) is 13.7. The van der Waals surface area contributed by atoms with Gasteiger partial charge in [0.2, 0.25) is 0 Å². The molecule has 0 heterocycles. The quantitative estimate of drug-likeness (QED) is 0.271. The molecule has 0 amide bonds. The molecule has 16 heavy (non-hydrogen) atoms. The molecular formula is C16H32. The van der Waals surface area contributed by atoms with E-state index in [9.17, 15) is 0 Å². The Hall–Kier alpha value is -0.260. The van der Waals surface area contributed by atoms with Crippen molar-refractivity contribution in [3.63, 3.8) is 0 Å². The number of rotatable bonds is 12. The lowest BCUT2D eigenvalue weighted by Crippen LogP contribution is -1.79. The van der Waals surface area contributed by atoms with Crippen LogP contribution >= 0.6 is 0 Å². The maximum absolute atomic E-state index is 2.39. The van der Waals surface area contributed by atoms with E-state index >= 15 is 0 Å². The van der Waals surface area contributed by atoms with Gasteiger partial charge in [-0.15, -0.1) is 0 Å². The minimum atomic E-state index is 1.30. The molecule has 0 N–H and O–H groups in total. The zero-order valence-corrected chi connectivity index (χ0v) is 11.6. The topological polar surface area (TPSA) is 0 Å². The van der Waals surface area contributed by atoms with E-state index in [0.717, 1.165) is 0 Å². The summed E-state index contributed by atoms with van der Waals surface area (Å²) in [7, 11) is 0. The summed E-state index contributed by atoms with van der Waals surface area (Å²) in [5, 5.41) is 0. The van der Waals surface area contributed by atoms with Crippen molar-refractivity contribution >= 4 is 0 Å². The van der Waals surface area contributed by atoms with E-state index in [2.05, 4.69) is 26.0 Å². The highest BCUT2D eigenvalue weighted by Gasteiger charge is 1.89. The molecule has 0 bridgehead atoms. The van der Waals surface area contributed by atoms with Crippen LogP contribution in [0.15, 0.2) is 12.2 Å². The van der Waals surface area contributed by atoms with Crippen LogP contribution in [0.2, 0.25) is 0 Å². The van der Waals surface area contributed by atoms with Gasteiger partial charge in [0.05, 0.1) is 0 Å². The van der Waals surface area contributed by atoms with Crippen LogP contribution in [0.5, 0.6) is 0 Å². The second-order valence-electron chi connectivity index (χ2n) is 4.88. The van der Waals surface area contributed by atoms with Gasteiger partial charge in [-0.1, -0.05) is 77.4 Å². The summed E-state index contributed by atoms with van der Waals surface area (Å²) in [6.07, 6.45) is 21.5. The van der Waals surface area contributed by atoms with Crippen LogP contribution in [0.3, 0.4) is 0 Å². The molecule has 0 rings (SSSR count). The third-order valence-corrected chi connectivity index (χ3v) is 3.12. The summed E-state index contributed by atoms with van der Waals surface area (Å²) < 4.78 is 0. The van der Waals surface area contributed by atoms with Crippen LogP contribution < -0.4 is 0 Å². The molecule has 0 aromatic carbocycles. The van der Waals surface area contributed by atoms with Crippen LogP contribution in [0, 0.1) is 0 Å². The number of hydrogen-bond acceptors (Lipinski definition) is 0. The van der Waals surface area contributed by atoms with Gasteiger partial charge in [0, 0.05) is 0 Å². The summed E-state index contributed by atoms with van der Waals surface area (Å²) >= 11 is 0. The summed E-state index contributed by atoms with van der Waals surface area (Å²) in [5.74, 6) is 0. The van der Waals surface area contributed by atoms with Gasteiger partial charge in [-0.05, 0) is 25.7 Å². The Morgan fingerprint density at radius 1 is 0.500 bits per heavy atom. The van der Waals surface area contributed by atoms with Crippen molar-refractivity contribution in [2.24, 2.45) is 0 Å². The van der Waals surface area contributed by atoms with Crippen molar-refractivity contribution in [3.8, 4) is 0 Å². The Kier molecular flexibility index (Phi) is 14.5. The zero-order chi connectivity index (χ0) is 11.9. The average molecular weight is 224 g/mol. The monoisotopic (exact) mass is 224 g/mol. The lowest BCUT2D eigenvalue weighted by Gasteiger charge is -1.98. The predicted molar refractivity (Wildman–Crippen MR) is 75.9 cm³/mol. The first-order chi connectivity index (χ1) is 7.91. The largest absolute Gasteiger partial charge is 0.0885 e. The van der Waals surface area contributed by atoms with Crippen LogP contribution in [0.4, 0.5) is 0 Å². The standard InChI is InChI=1S/C16H32/c1-3-5-7-9-11-13-15-16-14-12-10-8-6-4-2/h11,13H,3-10,12,14-16H2,1-2H3/b13-11+. The fourth-order valence-corrected chi connectivity index (χ4v) is 1.97. The Morgan fingerprint density at radius 2 is 0.875 bits per heavy atom. The number of hydrogen-bond donors (Lipinski definition) is 0. The van der Waals surface area contributed by atoms with E-state index in [-0.39, 0.29) is 0 Å². The van der Waals surface area contributed by atoms with Crippen molar-refractivity contribution < 1.29 is 0 Å². The fraction of sp³-hybridized carbons (Fsp3) is 0.875. The van der Waals surface area contributed by atoms with E-state index in [0.29, 0.717) is 0 Å². The Morgan fingerprint density at radius 3 is 1.44 bits per heavy atom. The molecule has 0 nitrogen and oxygen atoms in total. The van der Waals surface area contributed by atoms with E-state index in [1.165, 1.54) is 77.0 Å². The van der Waals surface area contributed by atoms with Gasteiger partial charge < -0.3 is 0 Å². The first kappa shape index (κ1) is 15.7. The smallest absolute Gasteiger partial charge is 0.0351 e. The maximum Gasteiger partial charge on any atom is -0.0351 e. The van der Waals surface area contributed by atoms with Crippen molar-refractivity contribution in [1.29, 1.82) is 0 Å². The summed E-state index contributed by atoms with van der Waals surface area (Å²) in [5.41, 5.74) is 0. The Balaban J connectivity index is 2.97. The molecular weight excluding hydrogens is 192 g/mol. The molecule has 96 valence electrons. The number of allylic oxidation sites excluding steroid dienone is 2. The van der Waals surface area contributed by atoms with Crippen molar-refractivity contribution in [3.05, 3.63) is 12.2 Å². The predicted octanol–water partition coefficient (Wildman–Crippen LogP) is 6.26. The molecule has 0 unspecified atom stereocenters. The van der Waals surface area contributed by atoms with Gasteiger partial charge in [0.15, 0.2) is 0 Å². The molecule has 0 atom stereocenters. The first-order valence-electron chi connectivity index (χ1n) is 7.56. The average Bonchev–Trinajstić information content (AvgIpc) is 2.31. The summed E-state index contributed by atoms with van der Waals surface area (Å²) in [6, 6.07) is 0. The summed E-state index contributed by atoms with van der Waals surface area (Å²) in [4.78, 5) is 0. The van der Waals surface area contributed by atoms with E-state index in [4.69, 9.17) is 0 Å². The van der Waals surface area contributed by atoms with Gasteiger partial charge in [0.1, 0.15) is 0 Å². The molecule has 0 heteroatoms. The maximum atomic E-state index is 2.39. The normalized spacial score (nSPS) is 11.4. The second-order valence-corrected chi connectivity index (χ2v) is 4.88. The SMILES string of the molecule is CCCCC/C=C/CCCCCCCCC. The number of unbranched alkanes of at least 4 members (excludes halogenated alkanes) is 10. The summed E-state index contributed by atoms with van der Waals surface area (Å²) in [6.45, 7) is 4.55. The zero-order valence-electron chi connectivity index (χ0n) is 11.6. The van der Waals surface area contributed by atoms with Gasteiger partial charge in [0.25, 0.3) is 0 Å². The minimum Gasteiger partial charge on any atom is -0.0885 e. The molecule has 0 aliphatic carbocycles. The van der Waals surface area contributed by atoms with Gasteiger partial charge in [-0.3, -0.25) is 0 Å². The molecule has 0 fully saturated rings. The van der Waals surface area contributed by atoms with Gasteiger partial charge >= 0.3 is 0 Å². The minimum absolute atomic E-state index is 1.30. The molecule has 0 saturated heterocycles. The van der Waals surface area contributed by atoms with Crippen molar-refractivity contribution in [2.45, 2.75) is 90.9 Å². The van der Waals surface area contributed by atoms with Crippen LogP contribution in [0.1, 0.15) is 90.9 Å². The second kappa shape index (κ2) is 14.7. The molecule has 0 radical (unpaired) electrons. The van der Waals surface area contributed by atoms with Crippen molar-refractivity contribution in [1.82, 2.24) is 0 Å². The molecule has 0 aromatic heterocycles. The highest BCUT2D eigenvalue weighted by Crippen LogP contribution is 2.09. The van der Waals surface area contributed by atoms with E-state index < -0.39 is 0 Å². The van der Waals surface area contributed by atoms with E-state index in [1.807, 2.05) is 0 Å². The van der Waals surface area contributed by atoms with Crippen LogP contribution in [-0.2, 0) is 0 Å².